The number of aromatic nitrogens is 1. The lowest BCUT2D eigenvalue weighted by Gasteiger charge is -2.26. The quantitative estimate of drug-likeness (QED) is 0.396. The van der Waals surface area contributed by atoms with E-state index in [0.717, 1.165) is 41.1 Å². The van der Waals surface area contributed by atoms with E-state index in [1.807, 2.05) is 44.2 Å². The molecular weight excluding hydrogens is 468 g/mol. The van der Waals surface area contributed by atoms with Crippen LogP contribution in [-0.4, -0.2) is 39.2 Å². The number of ether oxygens (including phenoxy) is 2. The van der Waals surface area contributed by atoms with Crippen molar-refractivity contribution < 1.29 is 29.3 Å². The number of aliphatic carboxylic acids is 1. The monoisotopic (exact) mass is 496 g/mol. The van der Waals surface area contributed by atoms with Gasteiger partial charge < -0.3 is 25.0 Å². The van der Waals surface area contributed by atoms with Crippen LogP contribution >= 0.6 is 11.3 Å². The van der Waals surface area contributed by atoms with Crippen LogP contribution in [0.4, 0.5) is 0 Å². The third-order valence-corrected chi connectivity index (χ3v) is 6.61. The van der Waals surface area contributed by atoms with Gasteiger partial charge in [-0.1, -0.05) is 55.5 Å². The number of carboxylic acids is 1. The summed E-state index contributed by atoms with van der Waals surface area (Å²) in [5, 5.41) is 22.0. The SMILES string of the molecule is CC(C)C[C@H](NC(=O)c1cnc(Oc2ccc3c(c2)CC[C@@H](c2ccccc2)O3)s1)[C@@H](O)C(=O)O. The van der Waals surface area contributed by atoms with Crippen LogP contribution in [0.2, 0.25) is 0 Å². The van der Waals surface area contributed by atoms with Gasteiger partial charge in [0.25, 0.3) is 11.1 Å². The Balaban J connectivity index is 1.40. The number of fused-ring (bicyclic) bond motifs is 1. The molecule has 0 spiro atoms. The Kier molecular flexibility index (Phi) is 7.67. The molecule has 1 aliphatic heterocycles. The number of hydrogen-bond donors (Lipinski definition) is 3. The Morgan fingerprint density at radius 2 is 2.00 bits per heavy atom. The average molecular weight is 497 g/mol. The molecule has 3 N–H and O–H groups in total. The molecule has 9 heteroatoms. The number of nitrogens with zero attached hydrogens (tertiary/aromatic N) is 1. The third-order valence-electron chi connectivity index (χ3n) is 5.74. The Morgan fingerprint density at radius 3 is 2.71 bits per heavy atom. The number of hydrogen-bond acceptors (Lipinski definition) is 7. The maximum atomic E-state index is 12.7. The second-order valence-electron chi connectivity index (χ2n) is 8.91. The van der Waals surface area contributed by atoms with E-state index in [-0.39, 0.29) is 22.1 Å². The van der Waals surface area contributed by atoms with Gasteiger partial charge >= 0.3 is 5.97 Å². The lowest BCUT2D eigenvalue weighted by atomic mass is 9.97. The number of carboxylic acid groups (broad SMARTS) is 1. The highest BCUT2D eigenvalue weighted by atomic mass is 32.1. The molecule has 2 heterocycles. The molecule has 4 rings (SSSR count). The standard InChI is InChI=1S/C26H28N2O6S/c1-15(2)12-19(23(29)25(31)32)28-24(30)22-14-27-26(35-22)33-18-9-11-21-17(13-18)8-10-20(34-21)16-6-4-3-5-7-16/h3-7,9,11,13-15,19-20,23,29H,8,10,12H2,1-2H3,(H,28,30)(H,31,32)/t19-,20-,23+/m0/s1. The maximum absolute atomic E-state index is 12.7. The molecule has 1 aliphatic rings. The van der Waals surface area contributed by atoms with Crippen molar-refractivity contribution in [1.29, 1.82) is 0 Å². The van der Waals surface area contributed by atoms with Crippen LogP contribution in [0.3, 0.4) is 0 Å². The van der Waals surface area contributed by atoms with E-state index in [0.29, 0.717) is 12.2 Å². The fraction of sp³-hybridized carbons (Fsp3) is 0.346. The van der Waals surface area contributed by atoms with Crippen LogP contribution < -0.4 is 14.8 Å². The summed E-state index contributed by atoms with van der Waals surface area (Å²) in [4.78, 5) is 28.3. The Bertz CT molecular complexity index is 1180. The number of aryl methyl sites for hydroxylation is 1. The molecule has 0 aliphatic carbocycles. The van der Waals surface area contributed by atoms with E-state index in [1.165, 1.54) is 6.20 Å². The van der Waals surface area contributed by atoms with Gasteiger partial charge in [-0.05, 0) is 54.5 Å². The molecule has 8 nitrogen and oxygen atoms in total. The van der Waals surface area contributed by atoms with Gasteiger partial charge in [0.1, 0.15) is 22.5 Å². The first kappa shape index (κ1) is 24.7. The first-order valence-corrected chi connectivity index (χ1v) is 12.3. The topological polar surface area (TPSA) is 118 Å². The van der Waals surface area contributed by atoms with E-state index < -0.39 is 24.0 Å². The zero-order chi connectivity index (χ0) is 24.9. The van der Waals surface area contributed by atoms with E-state index in [9.17, 15) is 14.7 Å². The van der Waals surface area contributed by atoms with Crippen LogP contribution in [0.25, 0.3) is 0 Å². The van der Waals surface area contributed by atoms with Crippen molar-refractivity contribution in [3.8, 4) is 16.7 Å². The predicted molar refractivity (Wildman–Crippen MR) is 131 cm³/mol. The smallest absolute Gasteiger partial charge is 0.334 e. The van der Waals surface area contributed by atoms with Gasteiger partial charge in [-0.25, -0.2) is 9.78 Å². The van der Waals surface area contributed by atoms with Gasteiger partial charge in [0.15, 0.2) is 6.10 Å². The molecular formula is C26H28N2O6S. The number of nitrogens with one attached hydrogen (secondary N) is 1. The first-order valence-electron chi connectivity index (χ1n) is 11.5. The summed E-state index contributed by atoms with van der Waals surface area (Å²) in [5.41, 5.74) is 2.20. The zero-order valence-electron chi connectivity index (χ0n) is 19.5. The molecule has 1 amide bonds. The summed E-state index contributed by atoms with van der Waals surface area (Å²) >= 11 is 1.05. The number of aliphatic hydroxyl groups excluding tert-OH is 1. The number of carbonyl (C=O) groups is 2. The molecule has 3 aromatic rings. The van der Waals surface area contributed by atoms with Crippen LogP contribution in [0, 0.1) is 5.92 Å². The van der Waals surface area contributed by atoms with Gasteiger partial charge in [0, 0.05) is 0 Å². The lowest BCUT2D eigenvalue weighted by molar-refractivity contribution is -0.148. The van der Waals surface area contributed by atoms with Crippen molar-refractivity contribution in [2.75, 3.05) is 0 Å². The van der Waals surface area contributed by atoms with Crippen LogP contribution in [0.15, 0.2) is 54.7 Å². The largest absolute Gasteiger partial charge is 0.485 e. The number of carbonyl (C=O) groups excluding carboxylic acids is 1. The summed E-state index contributed by atoms with van der Waals surface area (Å²) in [6, 6.07) is 14.8. The molecule has 0 saturated carbocycles. The molecule has 0 unspecified atom stereocenters. The van der Waals surface area contributed by atoms with Crippen molar-refractivity contribution >= 4 is 23.2 Å². The number of rotatable bonds is 9. The molecule has 2 aromatic carbocycles. The highest BCUT2D eigenvalue weighted by Crippen LogP contribution is 2.38. The lowest BCUT2D eigenvalue weighted by Crippen LogP contribution is -2.47. The van der Waals surface area contributed by atoms with E-state index >= 15 is 0 Å². The summed E-state index contributed by atoms with van der Waals surface area (Å²) in [6.07, 6.45) is 1.74. The van der Waals surface area contributed by atoms with Crippen LogP contribution in [-0.2, 0) is 11.2 Å². The molecule has 0 fully saturated rings. The molecule has 0 saturated heterocycles. The highest BCUT2D eigenvalue weighted by Gasteiger charge is 2.29. The normalized spacial score (nSPS) is 16.6. The summed E-state index contributed by atoms with van der Waals surface area (Å²) in [7, 11) is 0. The number of thiazole rings is 1. The molecule has 35 heavy (non-hydrogen) atoms. The van der Waals surface area contributed by atoms with E-state index in [2.05, 4.69) is 22.4 Å². The first-order chi connectivity index (χ1) is 16.8. The minimum atomic E-state index is -1.69. The minimum absolute atomic E-state index is 0.0228. The number of amides is 1. The fourth-order valence-electron chi connectivity index (χ4n) is 4.03. The molecule has 3 atom stereocenters. The number of benzene rings is 2. The second kappa shape index (κ2) is 10.9. The van der Waals surface area contributed by atoms with Gasteiger partial charge in [-0.15, -0.1) is 0 Å². The molecule has 184 valence electrons. The molecule has 0 radical (unpaired) electrons. The van der Waals surface area contributed by atoms with Crippen molar-refractivity contribution in [2.45, 2.75) is 51.4 Å². The van der Waals surface area contributed by atoms with Crippen molar-refractivity contribution in [2.24, 2.45) is 5.92 Å². The Labute approximate surface area is 207 Å². The summed E-state index contributed by atoms with van der Waals surface area (Å²) in [6.45, 7) is 3.77. The summed E-state index contributed by atoms with van der Waals surface area (Å²) < 4.78 is 12.0. The van der Waals surface area contributed by atoms with E-state index in [1.54, 1.807) is 6.07 Å². The van der Waals surface area contributed by atoms with Crippen LogP contribution in [0.1, 0.15) is 53.6 Å². The molecule has 0 bridgehead atoms. The Hall–Kier alpha value is -3.43. The van der Waals surface area contributed by atoms with Gasteiger partial charge in [0.05, 0.1) is 12.2 Å². The van der Waals surface area contributed by atoms with Crippen molar-refractivity contribution in [3.63, 3.8) is 0 Å². The zero-order valence-corrected chi connectivity index (χ0v) is 20.3. The molecule has 1 aromatic heterocycles. The summed E-state index contributed by atoms with van der Waals surface area (Å²) in [5.74, 6) is -0.383. The highest BCUT2D eigenvalue weighted by molar-refractivity contribution is 7.15. The maximum Gasteiger partial charge on any atom is 0.334 e. The van der Waals surface area contributed by atoms with Gasteiger partial charge in [0.2, 0.25) is 0 Å². The third kappa shape index (κ3) is 6.17. The number of aliphatic hydroxyl groups is 1. The van der Waals surface area contributed by atoms with Crippen molar-refractivity contribution in [1.82, 2.24) is 10.3 Å². The minimum Gasteiger partial charge on any atom is -0.485 e. The Morgan fingerprint density at radius 1 is 1.23 bits per heavy atom. The fourth-order valence-corrected chi connectivity index (χ4v) is 4.72. The van der Waals surface area contributed by atoms with E-state index in [4.69, 9.17) is 14.6 Å². The predicted octanol–water partition coefficient (Wildman–Crippen LogP) is 4.59. The second-order valence-corrected chi connectivity index (χ2v) is 9.90. The van der Waals surface area contributed by atoms with Crippen LogP contribution in [0.5, 0.6) is 16.7 Å². The van der Waals surface area contributed by atoms with Crippen molar-refractivity contribution in [3.05, 3.63) is 70.7 Å². The average Bonchev–Trinajstić information content (AvgIpc) is 3.31. The van der Waals surface area contributed by atoms with Gasteiger partial charge in [-0.2, -0.15) is 0 Å². The van der Waals surface area contributed by atoms with Gasteiger partial charge in [-0.3, -0.25) is 4.79 Å².